The van der Waals surface area contributed by atoms with E-state index in [-0.39, 0.29) is 12.0 Å². The summed E-state index contributed by atoms with van der Waals surface area (Å²) >= 11 is 1.51. The fourth-order valence-corrected chi connectivity index (χ4v) is 3.46. The van der Waals surface area contributed by atoms with Crippen LogP contribution in [0.15, 0.2) is 22.7 Å². The molecule has 1 fully saturated rings. The zero-order valence-corrected chi connectivity index (χ0v) is 13.1. The highest BCUT2D eigenvalue weighted by Gasteiger charge is 2.27. The molecule has 2 aliphatic heterocycles. The van der Waals surface area contributed by atoms with Gasteiger partial charge >= 0.3 is 0 Å². The lowest BCUT2D eigenvalue weighted by molar-refractivity contribution is 0.0326. The Hall–Kier alpha value is -1.40. The number of hydrogen-bond acceptors (Lipinski definition) is 5. The number of piperazine rings is 1. The van der Waals surface area contributed by atoms with Crippen molar-refractivity contribution in [3.8, 4) is 0 Å². The van der Waals surface area contributed by atoms with Crippen molar-refractivity contribution >= 4 is 23.0 Å². The first-order chi connectivity index (χ1) is 10.3. The standard InChI is InChI=1S/C15H21N3O2S/c1-2-12-10-13(20-16-12)11-17-5-7-18(8-6-17)15(19)14-4-3-9-21-14/h3-4,9,13H,2,5-8,10-11H2,1H3. The summed E-state index contributed by atoms with van der Waals surface area (Å²) in [6, 6.07) is 3.83. The number of nitrogens with zero attached hydrogens (tertiary/aromatic N) is 3. The molecule has 2 aliphatic rings. The fraction of sp³-hybridized carbons (Fsp3) is 0.600. The van der Waals surface area contributed by atoms with Crippen LogP contribution in [-0.4, -0.2) is 60.2 Å². The zero-order valence-electron chi connectivity index (χ0n) is 12.3. The van der Waals surface area contributed by atoms with Crippen molar-refractivity contribution in [3.05, 3.63) is 22.4 Å². The molecule has 0 radical (unpaired) electrons. The molecule has 1 aromatic rings. The molecule has 5 nitrogen and oxygen atoms in total. The molecule has 0 N–H and O–H groups in total. The lowest BCUT2D eigenvalue weighted by Crippen LogP contribution is -2.50. The smallest absolute Gasteiger partial charge is 0.264 e. The molecule has 0 bridgehead atoms. The molecule has 1 unspecified atom stereocenters. The first kappa shape index (κ1) is 14.5. The van der Waals surface area contributed by atoms with Gasteiger partial charge in [-0.25, -0.2) is 0 Å². The summed E-state index contributed by atoms with van der Waals surface area (Å²) in [4.78, 5) is 22.9. The topological polar surface area (TPSA) is 45.1 Å². The Morgan fingerprint density at radius 1 is 1.43 bits per heavy atom. The molecule has 0 aliphatic carbocycles. The molecule has 0 aromatic carbocycles. The van der Waals surface area contributed by atoms with Gasteiger partial charge in [0.15, 0.2) is 0 Å². The van der Waals surface area contributed by atoms with E-state index < -0.39 is 0 Å². The third-order valence-corrected chi connectivity index (χ3v) is 4.91. The number of carbonyl (C=O) groups excluding carboxylic acids is 1. The summed E-state index contributed by atoms with van der Waals surface area (Å²) in [6.45, 7) is 6.44. The van der Waals surface area contributed by atoms with Crippen molar-refractivity contribution in [3.63, 3.8) is 0 Å². The largest absolute Gasteiger partial charge is 0.391 e. The Balaban J connectivity index is 1.44. The molecular formula is C15H21N3O2S. The normalized spacial score (nSPS) is 23.0. The number of rotatable bonds is 4. The van der Waals surface area contributed by atoms with Crippen LogP contribution in [0.4, 0.5) is 0 Å². The van der Waals surface area contributed by atoms with Crippen LogP contribution in [0.25, 0.3) is 0 Å². The summed E-state index contributed by atoms with van der Waals surface area (Å²) in [5.41, 5.74) is 1.16. The van der Waals surface area contributed by atoms with Crippen LogP contribution in [0.2, 0.25) is 0 Å². The summed E-state index contributed by atoms with van der Waals surface area (Å²) in [6.07, 6.45) is 2.12. The van der Waals surface area contributed by atoms with Gasteiger partial charge in [0.2, 0.25) is 0 Å². The Morgan fingerprint density at radius 2 is 2.24 bits per heavy atom. The van der Waals surface area contributed by atoms with Gasteiger partial charge < -0.3 is 9.74 Å². The molecule has 3 heterocycles. The Bertz CT molecular complexity index is 507. The van der Waals surface area contributed by atoms with E-state index in [1.165, 1.54) is 11.3 Å². The van der Waals surface area contributed by atoms with E-state index in [1.807, 2.05) is 22.4 Å². The van der Waals surface area contributed by atoms with E-state index in [4.69, 9.17) is 4.84 Å². The lowest BCUT2D eigenvalue weighted by Gasteiger charge is -2.35. The summed E-state index contributed by atoms with van der Waals surface area (Å²) in [5, 5.41) is 6.06. The monoisotopic (exact) mass is 307 g/mol. The van der Waals surface area contributed by atoms with Gasteiger partial charge in [-0.15, -0.1) is 11.3 Å². The zero-order chi connectivity index (χ0) is 14.7. The van der Waals surface area contributed by atoms with E-state index >= 15 is 0 Å². The summed E-state index contributed by atoms with van der Waals surface area (Å²) in [7, 11) is 0. The molecule has 1 aromatic heterocycles. The number of hydrogen-bond donors (Lipinski definition) is 0. The van der Waals surface area contributed by atoms with Gasteiger partial charge in [0.1, 0.15) is 6.10 Å². The molecule has 6 heteroatoms. The highest BCUT2D eigenvalue weighted by molar-refractivity contribution is 7.12. The second kappa shape index (κ2) is 6.58. The van der Waals surface area contributed by atoms with Gasteiger partial charge in [0.05, 0.1) is 10.6 Å². The second-order valence-electron chi connectivity index (χ2n) is 5.51. The maximum absolute atomic E-state index is 12.3. The first-order valence-electron chi connectivity index (χ1n) is 7.53. The minimum Gasteiger partial charge on any atom is -0.391 e. The maximum Gasteiger partial charge on any atom is 0.264 e. The minimum absolute atomic E-state index is 0.165. The molecule has 1 atom stereocenters. The van der Waals surface area contributed by atoms with Crippen molar-refractivity contribution in [2.45, 2.75) is 25.9 Å². The van der Waals surface area contributed by atoms with Gasteiger partial charge in [0.25, 0.3) is 5.91 Å². The van der Waals surface area contributed by atoms with E-state index in [0.29, 0.717) is 0 Å². The average molecular weight is 307 g/mol. The Kier molecular flexibility index (Phi) is 4.55. The number of thiophene rings is 1. The average Bonchev–Trinajstić information content (AvgIpc) is 3.19. The van der Waals surface area contributed by atoms with Gasteiger partial charge in [-0.3, -0.25) is 9.69 Å². The first-order valence-corrected chi connectivity index (χ1v) is 8.41. The highest BCUT2D eigenvalue weighted by atomic mass is 32.1. The third-order valence-electron chi connectivity index (χ3n) is 4.06. The maximum atomic E-state index is 12.3. The number of oxime groups is 1. The van der Waals surface area contributed by atoms with Crippen LogP contribution in [0, 0.1) is 0 Å². The molecular weight excluding hydrogens is 286 g/mol. The predicted molar refractivity (Wildman–Crippen MR) is 83.9 cm³/mol. The van der Waals surface area contributed by atoms with Crippen molar-refractivity contribution in [1.29, 1.82) is 0 Å². The number of carbonyl (C=O) groups is 1. The second-order valence-corrected chi connectivity index (χ2v) is 6.46. The molecule has 1 amide bonds. The van der Waals surface area contributed by atoms with Crippen molar-refractivity contribution in [2.24, 2.45) is 5.16 Å². The van der Waals surface area contributed by atoms with E-state index in [0.717, 1.165) is 56.2 Å². The molecule has 21 heavy (non-hydrogen) atoms. The van der Waals surface area contributed by atoms with E-state index in [9.17, 15) is 4.79 Å². The highest BCUT2D eigenvalue weighted by Crippen LogP contribution is 2.17. The quantitative estimate of drug-likeness (QED) is 0.855. The fourth-order valence-electron chi connectivity index (χ4n) is 2.77. The molecule has 1 saturated heterocycles. The van der Waals surface area contributed by atoms with Crippen molar-refractivity contribution in [1.82, 2.24) is 9.80 Å². The lowest BCUT2D eigenvalue weighted by atomic mass is 10.1. The number of amides is 1. The molecule has 114 valence electrons. The molecule has 0 spiro atoms. The SMILES string of the molecule is CCC1=NOC(CN2CCN(C(=O)c3cccs3)CC2)C1. The van der Waals surface area contributed by atoms with Gasteiger partial charge in [-0.05, 0) is 17.9 Å². The summed E-state index contributed by atoms with van der Waals surface area (Å²) < 4.78 is 0. The van der Waals surface area contributed by atoms with Gasteiger partial charge in [0, 0.05) is 39.1 Å². The molecule has 3 rings (SSSR count). The Labute approximate surface area is 129 Å². The van der Waals surface area contributed by atoms with Crippen LogP contribution in [0.5, 0.6) is 0 Å². The predicted octanol–water partition coefficient (Wildman–Crippen LogP) is 2.06. The van der Waals surface area contributed by atoms with Crippen molar-refractivity contribution in [2.75, 3.05) is 32.7 Å². The Morgan fingerprint density at radius 3 is 2.86 bits per heavy atom. The van der Waals surface area contributed by atoms with Crippen LogP contribution < -0.4 is 0 Å². The van der Waals surface area contributed by atoms with Crippen molar-refractivity contribution < 1.29 is 9.63 Å². The third kappa shape index (κ3) is 3.44. The van der Waals surface area contributed by atoms with Gasteiger partial charge in [-0.2, -0.15) is 0 Å². The van der Waals surface area contributed by atoms with Crippen LogP contribution in [-0.2, 0) is 4.84 Å². The molecule has 0 saturated carbocycles. The van der Waals surface area contributed by atoms with E-state index in [1.54, 1.807) is 0 Å². The van der Waals surface area contributed by atoms with Crippen LogP contribution >= 0.6 is 11.3 Å². The van der Waals surface area contributed by atoms with Gasteiger partial charge in [-0.1, -0.05) is 18.1 Å². The van der Waals surface area contributed by atoms with Crippen LogP contribution in [0.1, 0.15) is 29.4 Å². The van der Waals surface area contributed by atoms with Crippen LogP contribution in [0.3, 0.4) is 0 Å². The minimum atomic E-state index is 0.165. The van der Waals surface area contributed by atoms with E-state index in [2.05, 4.69) is 17.0 Å². The summed E-state index contributed by atoms with van der Waals surface area (Å²) in [5.74, 6) is 0.165.